The molecule has 0 amide bonds. The van der Waals surface area contributed by atoms with E-state index < -0.39 is 0 Å². The zero-order chi connectivity index (χ0) is 8.27. The van der Waals surface area contributed by atoms with E-state index >= 15 is 0 Å². The lowest BCUT2D eigenvalue weighted by atomic mass is 10.3. The first kappa shape index (κ1) is 9.01. The lowest BCUT2D eigenvalue weighted by Gasteiger charge is -2.21. The molecule has 1 unspecified atom stereocenters. The lowest BCUT2D eigenvalue weighted by Crippen LogP contribution is -2.36. The Hall–Kier alpha value is -0.0800. The lowest BCUT2D eigenvalue weighted by molar-refractivity contribution is 0.264. The Kier molecular flexibility index (Phi) is 3.34. The van der Waals surface area contributed by atoms with Gasteiger partial charge in [0.25, 0.3) is 0 Å². The van der Waals surface area contributed by atoms with Crippen LogP contribution in [-0.4, -0.2) is 30.6 Å². The van der Waals surface area contributed by atoms with Crippen molar-refractivity contribution >= 4 is 0 Å². The van der Waals surface area contributed by atoms with E-state index in [2.05, 4.69) is 18.7 Å². The van der Waals surface area contributed by atoms with E-state index in [0.717, 1.165) is 19.0 Å². The minimum atomic E-state index is 0.327. The Labute approximate surface area is 69.8 Å². The van der Waals surface area contributed by atoms with Crippen LogP contribution in [0.3, 0.4) is 0 Å². The normalized spacial score (nSPS) is 20.7. The van der Waals surface area contributed by atoms with Gasteiger partial charge in [-0.15, -0.1) is 0 Å². The van der Waals surface area contributed by atoms with Crippen molar-refractivity contribution in [2.24, 2.45) is 11.7 Å². The van der Waals surface area contributed by atoms with Crippen molar-refractivity contribution in [1.82, 2.24) is 4.90 Å². The van der Waals surface area contributed by atoms with Crippen molar-refractivity contribution in [1.29, 1.82) is 0 Å². The maximum absolute atomic E-state index is 5.72. The molecule has 2 heteroatoms. The number of likely N-dealkylation sites (N-methyl/N-ethyl adjacent to an activating group) is 1. The highest BCUT2D eigenvalue weighted by molar-refractivity contribution is 4.77. The minimum absolute atomic E-state index is 0.327. The van der Waals surface area contributed by atoms with E-state index in [9.17, 15) is 0 Å². The summed E-state index contributed by atoms with van der Waals surface area (Å²) in [6.07, 6.45) is 2.88. The quantitative estimate of drug-likeness (QED) is 0.645. The van der Waals surface area contributed by atoms with Gasteiger partial charge in [-0.2, -0.15) is 0 Å². The second-order valence-corrected chi connectivity index (χ2v) is 3.77. The number of nitrogens with zero attached hydrogens (tertiary/aromatic N) is 1. The average Bonchev–Trinajstić information content (AvgIpc) is 2.69. The van der Waals surface area contributed by atoms with E-state index in [4.69, 9.17) is 5.73 Å². The zero-order valence-electron chi connectivity index (χ0n) is 7.71. The standard InChI is InChI=1S/C9H20N2/c1-3-11(6-8(2)10)7-9-4-5-9/h8-9H,3-7,10H2,1-2H3. The second-order valence-electron chi connectivity index (χ2n) is 3.77. The molecule has 1 saturated carbocycles. The van der Waals surface area contributed by atoms with Gasteiger partial charge in [0.15, 0.2) is 0 Å². The van der Waals surface area contributed by atoms with Crippen molar-refractivity contribution in [2.45, 2.75) is 32.7 Å². The van der Waals surface area contributed by atoms with E-state index in [1.54, 1.807) is 0 Å². The smallest absolute Gasteiger partial charge is 0.0139 e. The Morgan fingerprint density at radius 1 is 1.55 bits per heavy atom. The Balaban J connectivity index is 2.12. The molecule has 1 aliphatic rings. The minimum Gasteiger partial charge on any atom is -0.327 e. The maximum Gasteiger partial charge on any atom is 0.0139 e. The number of nitrogens with two attached hydrogens (primary N) is 1. The summed E-state index contributed by atoms with van der Waals surface area (Å²) >= 11 is 0. The van der Waals surface area contributed by atoms with Crippen LogP contribution >= 0.6 is 0 Å². The Bertz CT molecular complexity index is 104. The summed E-state index contributed by atoms with van der Waals surface area (Å²) in [7, 11) is 0. The Morgan fingerprint density at radius 3 is 2.55 bits per heavy atom. The largest absolute Gasteiger partial charge is 0.327 e. The second kappa shape index (κ2) is 4.07. The van der Waals surface area contributed by atoms with Gasteiger partial charge in [0.1, 0.15) is 0 Å². The number of hydrogen-bond acceptors (Lipinski definition) is 2. The molecule has 0 heterocycles. The van der Waals surface area contributed by atoms with Crippen LogP contribution in [0.4, 0.5) is 0 Å². The molecular formula is C9H20N2. The first-order chi connectivity index (χ1) is 5.22. The van der Waals surface area contributed by atoms with Gasteiger partial charge in [0, 0.05) is 19.1 Å². The van der Waals surface area contributed by atoms with Gasteiger partial charge in [0.2, 0.25) is 0 Å². The van der Waals surface area contributed by atoms with Crippen LogP contribution < -0.4 is 5.73 Å². The summed E-state index contributed by atoms with van der Waals surface area (Å²) in [6.45, 7) is 7.78. The molecule has 0 saturated heterocycles. The number of rotatable bonds is 5. The predicted octanol–water partition coefficient (Wildman–Crippen LogP) is 1.07. The molecule has 0 aliphatic heterocycles. The molecule has 1 aliphatic carbocycles. The topological polar surface area (TPSA) is 29.3 Å². The summed E-state index contributed by atoms with van der Waals surface area (Å²) in [5.41, 5.74) is 5.72. The SMILES string of the molecule is CCN(CC(C)N)CC1CC1. The third-order valence-electron chi connectivity index (χ3n) is 2.21. The molecule has 11 heavy (non-hydrogen) atoms. The highest BCUT2D eigenvalue weighted by Crippen LogP contribution is 2.29. The summed E-state index contributed by atoms with van der Waals surface area (Å²) in [5.74, 6) is 0.994. The average molecular weight is 156 g/mol. The van der Waals surface area contributed by atoms with Crippen molar-refractivity contribution in [3.8, 4) is 0 Å². The van der Waals surface area contributed by atoms with Gasteiger partial charge in [-0.3, -0.25) is 0 Å². The predicted molar refractivity (Wildman–Crippen MR) is 48.5 cm³/mol. The molecule has 0 aromatic rings. The molecule has 2 N–H and O–H groups in total. The fourth-order valence-corrected chi connectivity index (χ4v) is 1.41. The van der Waals surface area contributed by atoms with Crippen LogP contribution in [0.2, 0.25) is 0 Å². The molecule has 1 fully saturated rings. The van der Waals surface area contributed by atoms with Gasteiger partial charge < -0.3 is 10.6 Å². The van der Waals surface area contributed by atoms with Gasteiger partial charge >= 0.3 is 0 Å². The number of hydrogen-bond donors (Lipinski definition) is 1. The molecule has 0 spiro atoms. The first-order valence-corrected chi connectivity index (χ1v) is 4.70. The fourth-order valence-electron chi connectivity index (χ4n) is 1.41. The molecule has 0 aromatic heterocycles. The third kappa shape index (κ3) is 3.73. The van der Waals surface area contributed by atoms with Crippen LogP contribution in [-0.2, 0) is 0 Å². The molecule has 66 valence electrons. The molecule has 0 radical (unpaired) electrons. The van der Waals surface area contributed by atoms with Crippen LogP contribution in [0.25, 0.3) is 0 Å². The van der Waals surface area contributed by atoms with Gasteiger partial charge in [-0.05, 0) is 32.2 Å². The van der Waals surface area contributed by atoms with Gasteiger partial charge in [-0.1, -0.05) is 6.92 Å². The Morgan fingerprint density at radius 2 is 2.18 bits per heavy atom. The van der Waals surface area contributed by atoms with Gasteiger partial charge in [0.05, 0.1) is 0 Å². The highest BCUT2D eigenvalue weighted by Gasteiger charge is 2.23. The van der Waals surface area contributed by atoms with Crippen molar-refractivity contribution < 1.29 is 0 Å². The van der Waals surface area contributed by atoms with E-state index in [0.29, 0.717) is 6.04 Å². The summed E-state index contributed by atoms with van der Waals surface area (Å²) in [5, 5.41) is 0. The van der Waals surface area contributed by atoms with E-state index in [-0.39, 0.29) is 0 Å². The maximum atomic E-state index is 5.72. The fraction of sp³-hybridized carbons (Fsp3) is 1.00. The molecule has 2 nitrogen and oxygen atoms in total. The summed E-state index contributed by atoms with van der Waals surface area (Å²) in [4.78, 5) is 2.46. The molecule has 0 aromatic carbocycles. The van der Waals surface area contributed by atoms with Crippen LogP contribution in [0.1, 0.15) is 26.7 Å². The van der Waals surface area contributed by atoms with E-state index in [1.165, 1.54) is 19.4 Å². The zero-order valence-corrected chi connectivity index (χ0v) is 7.71. The molecule has 1 rings (SSSR count). The summed E-state index contributed by atoms with van der Waals surface area (Å²) < 4.78 is 0. The molecular weight excluding hydrogens is 136 g/mol. The van der Waals surface area contributed by atoms with Crippen molar-refractivity contribution in [3.05, 3.63) is 0 Å². The van der Waals surface area contributed by atoms with Gasteiger partial charge in [-0.25, -0.2) is 0 Å². The molecule has 1 atom stereocenters. The monoisotopic (exact) mass is 156 g/mol. The van der Waals surface area contributed by atoms with Crippen molar-refractivity contribution in [3.63, 3.8) is 0 Å². The summed E-state index contributed by atoms with van der Waals surface area (Å²) in [6, 6.07) is 0.327. The van der Waals surface area contributed by atoms with Crippen LogP contribution in [0.5, 0.6) is 0 Å². The third-order valence-corrected chi connectivity index (χ3v) is 2.21. The van der Waals surface area contributed by atoms with Crippen molar-refractivity contribution in [2.75, 3.05) is 19.6 Å². The van der Waals surface area contributed by atoms with E-state index in [1.807, 2.05) is 0 Å². The molecule has 0 bridgehead atoms. The first-order valence-electron chi connectivity index (χ1n) is 4.70. The van der Waals surface area contributed by atoms with Crippen LogP contribution in [0, 0.1) is 5.92 Å². The highest BCUT2D eigenvalue weighted by atomic mass is 15.1. The van der Waals surface area contributed by atoms with Crippen LogP contribution in [0.15, 0.2) is 0 Å².